The molecule has 1 aliphatic heterocycles. The lowest BCUT2D eigenvalue weighted by Gasteiger charge is -2.34. The van der Waals surface area contributed by atoms with Gasteiger partial charge >= 0.3 is 6.09 Å². The molecular weight excluding hydrogens is 302 g/mol. The fraction of sp³-hybridized carbons (Fsp3) is 0.400. The highest BCUT2D eigenvalue weighted by Gasteiger charge is 2.27. The first-order valence-corrected chi connectivity index (χ1v) is 8.45. The lowest BCUT2D eigenvalue weighted by atomic mass is 9.92. The fourth-order valence-corrected chi connectivity index (χ4v) is 3.67. The summed E-state index contributed by atoms with van der Waals surface area (Å²) in [5.41, 5.74) is 0.472. The standard InChI is InChI=1S/C20H23NO3/c1-13-10-14(2)12-21(11-13)20(23)24-18-9-8-16-6-4-5-7-17(16)19(18)15(3)22/h4-9,13-14H,10-12H2,1-3H3. The lowest BCUT2D eigenvalue weighted by molar-refractivity contribution is 0.100. The second-order valence-electron chi connectivity index (χ2n) is 6.94. The number of ketones is 1. The maximum absolute atomic E-state index is 12.6. The minimum absolute atomic E-state index is 0.102. The molecule has 0 aromatic heterocycles. The topological polar surface area (TPSA) is 46.6 Å². The Hall–Kier alpha value is -2.36. The van der Waals surface area contributed by atoms with Crippen molar-refractivity contribution in [1.29, 1.82) is 0 Å². The first-order chi connectivity index (χ1) is 11.5. The van der Waals surface area contributed by atoms with Crippen LogP contribution < -0.4 is 4.74 Å². The lowest BCUT2D eigenvalue weighted by Crippen LogP contribution is -2.44. The van der Waals surface area contributed by atoms with Gasteiger partial charge < -0.3 is 9.64 Å². The zero-order chi connectivity index (χ0) is 17.3. The summed E-state index contributed by atoms with van der Waals surface area (Å²) >= 11 is 0. The molecular formula is C20H23NO3. The number of amides is 1. The summed E-state index contributed by atoms with van der Waals surface area (Å²) in [4.78, 5) is 26.4. The summed E-state index contributed by atoms with van der Waals surface area (Å²) in [5, 5.41) is 1.78. The molecule has 3 rings (SSSR count). The van der Waals surface area contributed by atoms with Crippen molar-refractivity contribution in [3.8, 4) is 5.75 Å². The van der Waals surface area contributed by atoms with E-state index in [2.05, 4.69) is 13.8 Å². The Labute approximate surface area is 142 Å². The number of carbonyl (C=O) groups excluding carboxylic acids is 2. The van der Waals surface area contributed by atoms with E-state index >= 15 is 0 Å². The van der Waals surface area contributed by atoms with Gasteiger partial charge in [0.25, 0.3) is 0 Å². The highest BCUT2D eigenvalue weighted by Crippen LogP contribution is 2.30. The Bertz CT molecular complexity index is 774. The van der Waals surface area contributed by atoms with Gasteiger partial charge in [0.15, 0.2) is 5.78 Å². The van der Waals surface area contributed by atoms with E-state index in [0.29, 0.717) is 36.2 Å². The monoisotopic (exact) mass is 325 g/mol. The summed E-state index contributed by atoms with van der Waals surface area (Å²) in [6.07, 6.45) is 0.754. The average molecular weight is 325 g/mol. The number of hydrogen-bond donors (Lipinski definition) is 0. The summed E-state index contributed by atoms with van der Waals surface area (Å²) < 4.78 is 5.62. The molecule has 0 radical (unpaired) electrons. The minimum atomic E-state index is -0.369. The van der Waals surface area contributed by atoms with Gasteiger partial charge in [-0.1, -0.05) is 44.2 Å². The van der Waals surface area contributed by atoms with Crippen LogP contribution in [0.4, 0.5) is 4.79 Å². The van der Waals surface area contributed by atoms with Crippen molar-refractivity contribution < 1.29 is 14.3 Å². The van der Waals surface area contributed by atoms with Gasteiger partial charge in [-0.2, -0.15) is 0 Å². The molecule has 1 aliphatic rings. The first kappa shape index (κ1) is 16.5. The zero-order valence-corrected chi connectivity index (χ0v) is 14.4. The van der Waals surface area contributed by atoms with Crippen molar-refractivity contribution >= 4 is 22.6 Å². The van der Waals surface area contributed by atoms with E-state index < -0.39 is 0 Å². The summed E-state index contributed by atoms with van der Waals surface area (Å²) in [6, 6.07) is 11.2. The third-order valence-corrected chi connectivity index (χ3v) is 4.57. The van der Waals surface area contributed by atoms with Crippen LogP contribution in [0.2, 0.25) is 0 Å². The van der Waals surface area contributed by atoms with Crippen LogP contribution >= 0.6 is 0 Å². The molecule has 2 unspecified atom stereocenters. The number of benzene rings is 2. The second kappa shape index (κ2) is 6.63. The molecule has 0 N–H and O–H groups in total. The van der Waals surface area contributed by atoms with Gasteiger partial charge in [0, 0.05) is 13.1 Å². The van der Waals surface area contributed by atoms with E-state index in [1.54, 1.807) is 11.0 Å². The predicted octanol–water partition coefficient (Wildman–Crippen LogP) is 4.52. The van der Waals surface area contributed by atoms with E-state index in [-0.39, 0.29) is 11.9 Å². The van der Waals surface area contributed by atoms with Crippen LogP contribution in [-0.2, 0) is 0 Å². The molecule has 1 saturated heterocycles. The van der Waals surface area contributed by atoms with Crippen molar-refractivity contribution in [3.05, 3.63) is 42.0 Å². The highest BCUT2D eigenvalue weighted by molar-refractivity contribution is 6.09. The molecule has 0 bridgehead atoms. The predicted molar refractivity (Wildman–Crippen MR) is 94.5 cm³/mol. The molecule has 4 heteroatoms. The average Bonchev–Trinajstić information content (AvgIpc) is 2.53. The maximum atomic E-state index is 12.6. The number of rotatable bonds is 2. The van der Waals surface area contributed by atoms with Gasteiger partial charge in [-0.25, -0.2) is 4.79 Å². The van der Waals surface area contributed by atoms with Gasteiger partial charge in [0.2, 0.25) is 0 Å². The number of hydrogen-bond acceptors (Lipinski definition) is 3. The third kappa shape index (κ3) is 3.28. The molecule has 1 heterocycles. The third-order valence-electron chi connectivity index (χ3n) is 4.57. The normalized spacial score (nSPS) is 20.9. The zero-order valence-electron chi connectivity index (χ0n) is 14.4. The first-order valence-electron chi connectivity index (χ1n) is 8.45. The molecule has 4 nitrogen and oxygen atoms in total. The molecule has 2 aromatic rings. The van der Waals surface area contributed by atoms with Crippen LogP contribution in [0.1, 0.15) is 37.6 Å². The van der Waals surface area contributed by atoms with Crippen LogP contribution in [0, 0.1) is 11.8 Å². The number of ether oxygens (including phenoxy) is 1. The molecule has 0 aliphatic carbocycles. The molecule has 1 fully saturated rings. The Morgan fingerprint density at radius 3 is 2.38 bits per heavy atom. The Kier molecular flexibility index (Phi) is 4.56. The summed E-state index contributed by atoms with van der Waals surface area (Å²) in [6.45, 7) is 7.20. The number of carbonyl (C=O) groups is 2. The maximum Gasteiger partial charge on any atom is 0.415 e. The SMILES string of the molecule is CC(=O)c1c(OC(=O)N2CC(C)CC(C)C2)ccc2ccccc12. The summed E-state index contributed by atoms with van der Waals surface area (Å²) in [7, 11) is 0. The van der Waals surface area contributed by atoms with Gasteiger partial charge in [-0.3, -0.25) is 4.79 Å². The van der Waals surface area contributed by atoms with Crippen molar-refractivity contribution in [2.24, 2.45) is 11.8 Å². The van der Waals surface area contributed by atoms with Crippen molar-refractivity contribution in [1.82, 2.24) is 4.90 Å². The number of nitrogens with zero attached hydrogens (tertiary/aromatic N) is 1. The van der Waals surface area contributed by atoms with E-state index in [1.807, 2.05) is 30.3 Å². The molecule has 1 amide bonds. The number of Topliss-reactive ketones (excluding diaryl/α,β-unsaturated/α-hetero) is 1. The number of likely N-dealkylation sites (tertiary alicyclic amines) is 1. The quantitative estimate of drug-likeness (QED) is 0.763. The van der Waals surface area contributed by atoms with Crippen LogP contribution in [0.25, 0.3) is 10.8 Å². The van der Waals surface area contributed by atoms with Crippen molar-refractivity contribution in [2.75, 3.05) is 13.1 Å². The van der Waals surface area contributed by atoms with Crippen molar-refractivity contribution in [2.45, 2.75) is 27.2 Å². The second-order valence-corrected chi connectivity index (χ2v) is 6.94. The van der Waals surface area contributed by atoms with E-state index in [4.69, 9.17) is 4.74 Å². The van der Waals surface area contributed by atoms with Gasteiger partial charge in [-0.15, -0.1) is 0 Å². The van der Waals surface area contributed by atoms with Crippen LogP contribution in [0.15, 0.2) is 36.4 Å². The van der Waals surface area contributed by atoms with Crippen LogP contribution in [-0.4, -0.2) is 29.9 Å². The van der Waals surface area contributed by atoms with Crippen LogP contribution in [0.3, 0.4) is 0 Å². The van der Waals surface area contributed by atoms with Gasteiger partial charge in [-0.05, 0) is 42.0 Å². The highest BCUT2D eigenvalue weighted by atomic mass is 16.6. The smallest absolute Gasteiger partial charge is 0.409 e. The number of fused-ring (bicyclic) bond motifs is 1. The Morgan fingerprint density at radius 2 is 1.71 bits per heavy atom. The van der Waals surface area contributed by atoms with Gasteiger partial charge in [0.1, 0.15) is 5.75 Å². The Morgan fingerprint density at radius 1 is 1.04 bits per heavy atom. The van der Waals surface area contributed by atoms with E-state index in [1.165, 1.54) is 6.92 Å². The molecule has 24 heavy (non-hydrogen) atoms. The molecule has 0 spiro atoms. The molecule has 0 saturated carbocycles. The largest absolute Gasteiger partial charge is 0.415 e. The number of piperidine rings is 1. The molecule has 126 valence electrons. The van der Waals surface area contributed by atoms with Crippen LogP contribution in [0.5, 0.6) is 5.75 Å². The van der Waals surface area contributed by atoms with Crippen molar-refractivity contribution in [3.63, 3.8) is 0 Å². The van der Waals surface area contributed by atoms with E-state index in [9.17, 15) is 9.59 Å². The minimum Gasteiger partial charge on any atom is -0.409 e. The molecule has 2 atom stereocenters. The van der Waals surface area contributed by atoms with E-state index in [0.717, 1.165) is 17.2 Å². The molecule has 2 aromatic carbocycles. The summed E-state index contributed by atoms with van der Waals surface area (Å²) in [5.74, 6) is 1.17. The fourth-order valence-electron chi connectivity index (χ4n) is 3.67. The Balaban J connectivity index is 1.91. The van der Waals surface area contributed by atoms with Gasteiger partial charge in [0.05, 0.1) is 5.56 Å².